The molecular weight excluding hydrogens is 384 g/mol. The Morgan fingerprint density at radius 3 is 2.38 bits per heavy atom. The third-order valence-corrected chi connectivity index (χ3v) is 9.62. The van der Waals surface area contributed by atoms with Crippen molar-refractivity contribution in [1.29, 1.82) is 0 Å². The molecule has 2 aromatic carbocycles. The minimum absolute atomic E-state index is 0.0715. The van der Waals surface area contributed by atoms with Gasteiger partial charge in [-0.15, -0.1) is 0 Å². The Morgan fingerprint density at radius 2 is 1.69 bits per heavy atom. The Kier molecular flexibility index (Phi) is 3.73. The van der Waals surface area contributed by atoms with Gasteiger partial charge in [-0.3, -0.25) is 4.79 Å². The molecule has 4 aliphatic carbocycles. The molecule has 1 atom stereocenters. The van der Waals surface area contributed by atoms with Gasteiger partial charge in [-0.1, -0.05) is 12.1 Å². The van der Waals surface area contributed by atoms with E-state index in [-0.39, 0.29) is 16.8 Å². The van der Waals surface area contributed by atoms with E-state index < -0.39 is 10.0 Å². The van der Waals surface area contributed by atoms with Crippen molar-refractivity contribution in [2.75, 3.05) is 5.32 Å². The van der Waals surface area contributed by atoms with E-state index in [0.717, 1.165) is 11.8 Å². The van der Waals surface area contributed by atoms with Gasteiger partial charge in [-0.25, -0.2) is 13.1 Å². The van der Waals surface area contributed by atoms with Crippen LogP contribution in [0.5, 0.6) is 0 Å². The number of hydrogen-bond acceptors (Lipinski definition) is 3. The molecule has 0 unspecified atom stereocenters. The molecule has 2 N–H and O–H groups in total. The number of hydrogen-bond donors (Lipinski definition) is 2. The van der Waals surface area contributed by atoms with Gasteiger partial charge in [-0.05, 0) is 86.8 Å². The van der Waals surface area contributed by atoms with E-state index >= 15 is 0 Å². The highest BCUT2D eigenvalue weighted by atomic mass is 32.2. The molecule has 0 saturated heterocycles. The van der Waals surface area contributed by atoms with Gasteiger partial charge in [-0.2, -0.15) is 0 Å². The Bertz CT molecular complexity index is 1110. The van der Waals surface area contributed by atoms with Gasteiger partial charge >= 0.3 is 0 Å². The topological polar surface area (TPSA) is 75.3 Å². The van der Waals surface area contributed by atoms with Crippen molar-refractivity contribution in [3.8, 4) is 0 Å². The summed E-state index contributed by atoms with van der Waals surface area (Å²) in [6.45, 7) is 2.05. The Morgan fingerprint density at radius 1 is 1.00 bits per heavy atom. The van der Waals surface area contributed by atoms with Crippen LogP contribution in [-0.4, -0.2) is 20.4 Å². The zero-order chi connectivity index (χ0) is 19.9. The minimum Gasteiger partial charge on any atom is -0.321 e. The van der Waals surface area contributed by atoms with Gasteiger partial charge in [0.05, 0.1) is 4.90 Å². The van der Waals surface area contributed by atoms with Gasteiger partial charge in [0.15, 0.2) is 0 Å². The number of amides is 1. The fourth-order valence-corrected chi connectivity index (χ4v) is 8.75. The van der Waals surface area contributed by atoms with E-state index in [2.05, 4.69) is 17.0 Å². The van der Waals surface area contributed by atoms with Crippen LogP contribution < -0.4 is 10.0 Å². The third-order valence-electron chi connectivity index (χ3n) is 8.00. The fraction of sp³-hybridized carbons (Fsp3) is 0.522. The molecule has 1 amide bonds. The summed E-state index contributed by atoms with van der Waals surface area (Å²) in [7, 11) is -3.68. The molecule has 0 radical (unpaired) electrons. The average Bonchev–Trinajstić information content (AvgIpc) is 2.98. The van der Waals surface area contributed by atoms with Crippen LogP contribution in [-0.2, 0) is 10.0 Å². The number of sulfonamides is 1. The van der Waals surface area contributed by atoms with Gasteiger partial charge in [0.2, 0.25) is 10.0 Å². The summed E-state index contributed by atoms with van der Waals surface area (Å²) in [6, 6.07) is 8.56. The molecule has 1 aliphatic heterocycles. The van der Waals surface area contributed by atoms with Crippen LogP contribution >= 0.6 is 0 Å². The standard InChI is InChI=1S/C23H26N2O3S/c1-12(21-15-8-13-7-14(10-15)11-16(21)9-13)25-29(27,28)20-6-5-19-22-17(20)3-2-4-18(22)23(26)24-19/h2-6,12-16,21,25H,7-11H2,1H3,(H,24,26)/t12-,13?,14?,15?,16?,21?/m0/s1. The van der Waals surface area contributed by atoms with Crippen LogP contribution in [0, 0.1) is 29.6 Å². The molecule has 4 bridgehead atoms. The monoisotopic (exact) mass is 410 g/mol. The van der Waals surface area contributed by atoms with Crippen molar-refractivity contribution in [1.82, 2.24) is 4.72 Å². The van der Waals surface area contributed by atoms with E-state index in [1.165, 1.54) is 32.1 Å². The molecular formula is C23H26N2O3S. The molecule has 6 heteroatoms. The molecule has 5 aliphatic rings. The van der Waals surface area contributed by atoms with Crippen molar-refractivity contribution in [3.05, 3.63) is 35.9 Å². The molecule has 152 valence electrons. The van der Waals surface area contributed by atoms with Gasteiger partial charge in [0.25, 0.3) is 5.91 Å². The first kappa shape index (κ1) is 17.9. The first-order chi connectivity index (χ1) is 13.9. The molecule has 5 nitrogen and oxygen atoms in total. The van der Waals surface area contributed by atoms with E-state index in [4.69, 9.17) is 0 Å². The van der Waals surface area contributed by atoms with Crippen molar-refractivity contribution in [3.63, 3.8) is 0 Å². The van der Waals surface area contributed by atoms with Crippen LogP contribution in [0.25, 0.3) is 10.8 Å². The first-order valence-electron chi connectivity index (χ1n) is 10.8. The van der Waals surface area contributed by atoms with Gasteiger partial charge in [0, 0.05) is 28.1 Å². The van der Waals surface area contributed by atoms with Crippen LogP contribution in [0.1, 0.15) is 49.4 Å². The largest absolute Gasteiger partial charge is 0.321 e. The second-order valence-corrected chi connectivity index (χ2v) is 11.4. The van der Waals surface area contributed by atoms with Crippen LogP contribution in [0.3, 0.4) is 0 Å². The number of carbonyl (C=O) groups excluding carboxylic acids is 1. The summed E-state index contributed by atoms with van der Waals surface area (Å²) < 4.78 is 29.8. The summed E-state index contributed by atoms with van der Waals surface area (Å²) in [5.41, 5.74) is 1.23. The Labute approximate surface area is 171 Å². The highest BCUT2D eigenvalue weighted by Crippen LogP contribution is 2.57. The quantitative estimate of drug-likeness (QED) is 0.795. The van der Waals surface area contributed by atoms with E-state index in [0.29, 0.717) is 39.8 Å². The highest BCUT2D eigenvalue weighted by Gasteiger charge is 2.50. The molecule has 0 aromatic heterocycles. The summed E-state index contributed by atoms with van der Waals surface area (Å²) in [5, 5.41) is 4.15. The van der Waals surface area contributed by atoms with E-state index in [9.17, 15) is 13.2 Å². The maximum atomic E-state index is 13.4. The highest BCUT2D eigenvalue weighted by molar-refractivity contribution is 7.89. The lowest BCUT2D eigenvalue weighted by Crippen LogP contribution is -2.52. The lowest BCUT2D eigenvalue weighted by atomic mass is 9.51. The summed E-state index contributed by atoms with van der Waals surface area (Å²) in [5.74, 6) is 3.35. The number of rotatable bonds is 4. The zero-order valence-corrected chi connectivity index (χ0v) is 17.3. The molecule has 4 fully saturated rings. The average molecular weight is 411 g/mol. The second-order valence-electron chi connectivity index (χ2n) is 9.71. The lowest BCUT2D eigenvalue weighted by Gasteiger charge is -2.56. The summed E-state index contributed by atoms with van der Waals surface area (Å²) >= 11 is 0. The maximum absolute atomic E-state index is 13.4. The molecule has 2 aromatic rings. The Hall–Kier alpha value is -1.92. The van der Waals surface area contributed by atoms with Crippen molar-refractivity contribution in [2.45, 2.75) is 50.0 Å². The van der Waals surface area contributed by atoms with E-state index in [1.807, 2.05) is 0 Å². The van der Waals surface area contributed by atoms with Crippen molar-refractivity contribution >= 4 is 32.4 Å². The lowest BCUT2D eigenvalue weighted by molar-refractivity contribution is -0.0463. The molecule has 1 heterocycles. The number of carbonyl (C=O) groups is 1. The minimum atomic E-state index is -3.68. The summed E-state index contributed by atoms with van der Waals surface area (Å²) in [6.07, 6.45) is 6.50. The van der Waals surface area contributed by atoms with Crippen LogP contribution in [0.2, 0.25) is 0 Å². The van der Waals surface area contributed by atoms with Crippen molar-refractivity contribution in [2.24, 2.45) is 29.6 Å². The predicted octanol–water partition coefficient (Wildman–Crippen LogP) is 4.14. The zero-order valence-electron chi connectivity index (χ0n) is 16.5. The van der Waals surface area contributed by atoms with Gasteiger partial charge in [0.1, 0.15) is 0 Å². The number of benzene rings is 2. The summed E-state index contributed by atoms with van der Waals surface area (Å²) in [4.78, 5) is 12.4. The Balaban J connectivity index is 1.34. The normalized spacial score (nSPS) is 33.3. The van der Waals surface area contributed by atoms with Gasteiger partial charge < -0.3 is 5.32 Å². The molecule has 7 rings (SSSR count). The maximum Gasteiger partial charge on any atom is 0.256 e. The van der Waals surface area contributed by atoms with Crippen LogP contribution in [0.4, 0.5) is 5.69 Å². The first-order valence-corrected chi connectivity index (χ1v) is 12.3. The number of anilines is 1. The SMILES string of the molecule is C[C@H](NS(=O)(=O)c1ccc2c3c(cccc13)C(=O)N2)C1C2CC3CC(C2)CC1C3. The molecule has 0 spiro atoms. The number of nitrogens with one attached hydrogen (secondary N) is 2. The fourth-order valence-electron chi connectivity index (χ4n) is 7.27. The third kappa shape index (κ3) is 2.61. The predicted molar refractivity (Wildman–Crippen MR) is 112 cm³/mol. The molecule has 29 heavy (non-hydrogen) atoms. The van der Waals surface area contributed by atoms with Crippen LogP contribution in [0.15, 0.2) is 35.2 Å². The molecule has 4 saturated carbocycles. The van der Waals surface area contributed by atoms with Crippen molar-refractivity contribution < 1.29 is 13.2 Å². The smallest absolute Gasteiger partial charge is 0.256 e. The van der Waals surface area contributed by atoms with E-state index in [1.54, 1.807) is 30.3 Å². The second kappa shape index (κ2) is 6.05.